The average Bonchev–Trinajstić information content (AvgIpc) is 2.45. The molecule has 1 heterocycles. The van der Waals surface area contributed by atoms with E-state index in [1.807, 2.05) is 0 Å². The van der Waals surface area contributed by atoms with Gasteiger partial charge < -0.3 is 10.0 Å². The van der Waals surface area contributed by atoms with Gasteiger partial charge in [0.2, 0.25) is 0 Å². The molecule has 1 saturated carbocycles. The fourth-order valence-corrected chi connectivity index (χ4v) is 2.64. The first-order chi connectivity index (χ1) is 5.65. The molecule has 0 aromatic heterocycles. The van der Waals surface area contributed by atoms with Crippen LogP contribution in [0.4, 0.5) is 0 Å². The minimum Gasteiger partial charge on any atom is -0.388 e. The summed E-state index contributed by atoms with van der Waals surface area (Å²) in [6.45, 7) is 0.961. The molecule has 0 radical (unpaired) electrons. The normalized spacial score (nSPS) is 46.4. The van der Waals surface area contributed by atoms with E-state index in [1.54, 1.807) is 0 Å². The van der Waals surface area contributed by atoms with Crippen molar-refractivity contribution in [3.05, 3.63) is 0 Å². The molecule has 66 valence electrons. The molecule has 2 rings (SSSR count). The minimum atomic E-state index is -0.661. The molecule has 2 aliphatic rings. The summed E-state index contributed by atoms with van der Waals surface area (Å²) < 4.78 is 0. The Morgan fingerprint density at radius 3 is 2.92 bits per heavy atom. The molecule has 2 fully saturated rings. The average molecular weight is 166 g/mol. The van der Waals surface area contributed by atoms with E-state index >= 15 is 0 Å². The monoisotopic (exact) mass is 166 g/mol. The molecule has 3 atom stereocenters. The summed E-state index contributed by atoms with van der Waals surface area (Å²) in [5.74, 6) is 0.340. The van der Waals surface area contributed by atoms with Crippen LogP contribution in [0.5, 0.6) is 0 Å². The van der Waals surface area contributed by atoms with E-state index < -0.39 is 5.60 Å². The number of aliphatic hydroxyl groups is 1. The van der Waals surface area contributed by atoms with Gasteiger partial charge in [0.25, 0.3) is 0 Å². The largest absolute Gasteiger partial charge is 0.388 e. The molecule has 12 heavy (non-hydrogen) atoms. The van der Waals surface area contributed by atoms with E-state index in [1.165, 1.54) is 0 Å². The number of hydrogen-bond donors (Lipinski definition) is 1. The van der Waals surface area contributed by atoms with Crippen LogP contribution in [0.25, 0.3) is 0 Å². The van der Waals surface area contributed by atoms with Crippen LogP contribution in [-0.2, 0) is 0 Å². The van der Waals surface area contributed by atoms with Gasteiger partial charge in [0.15, 0.2) is 0 Å². The van der Waals surface area contributed by atoms with E-state index in [0.717, 1.165) is 19.4 Å². The topological polar surface area (TPSA) is 47.3 Å². The zero-order valence-electron chi connectivity index (χ0n) is 7.32. The van der Waals surface area contributed by atoms with Gasteiger partial charge in [0.1, 0.15) is 0 Å². The highest BCUT2D eigenvalue weighted by Crippen LogP contribution is 2.45. The van der Waals surface area contributed by atoms with Gasteiger partial charge in [-0.3, -0.25) is 0 Å². The predicted octanol–water partition coefficient (Wildman–Crippen LogP) is 0.355. The Bertz CT molecular complexity index is 233. The smallest absolute Gasteiger partial charge is 0.0832 e. The Morgan fingerprint density at radius 1 is 1.75 bits per heavy atom. The molecule has 3 nitrogen and oxygen atoms in total. The second-order valence-electron chi connectivity index (χ2n) is 4.17. The summed E-state index contributed by atoms with van der Waals surface area (Å²) in [7, 11) is 2.09. The summed E-state index contributed by atoms with van der Waals surface area (Å²) >= 11 is 0. The zero-order chi connectivity index (χ0) is 8.77. The second-order valence-corrected chi connectivity index (χ2v) is 4.17. The van der Waals surface area contributed by atoms with Gasteiger partial charge in [0.05, 0.1) is 18.1 Å². The molecule has 0 amide bonds. The van der Waals surface area contributed by atoms with Gasteiger partial charge in [-0.15, -0.1) is 0 Å². The molecule has 0 aromatic rings. The van der Waals surface area contributed by atoms with Crippen molar-refractivity contribution >= 4 is 0 Å². The number of fused-ring (bicyclic) bond motifs is 2. The molecule has 1 saturated heterocycles. The maximum absolute atomic E-state index is 10.1. The van der Waals surface area contributed by atoms with Crippen molar-refractivity contribution in [2.75, 3.05) is 13.6 Å². The highest BCUT2D eigenvalue weighted by atomic mass is 16.3. The van der Waals surface area contributed by atoms with Crippen molar-refractivity contribution in [3.8, 4) is 6.07 Å². The predicted molar refractivity (Wildman–Crippen MR) is 44.3 cm³/mol. The van der Waals surface area contributed by atoms with E-state index in [-0.39, 0.29) is 0 Å². The first-order valence-electron chi connectivity index (χ1n) is 4.45. The van der Waals surface area contributed by atoms with Crippen molar-refractivity contribution < 1.29 is 5.11 Å². The zero-order valence-corrected chi connectivity index (χ0v) is 7.32. The van der Waals surface area contributed by atoms with Crippen molar-refractivity contribution in [2.24, 2.45) is 5.92 Å². The lowest BCUT2D eigenvalue weighted by molar-refractivity contribution is -0.0234. The Balaban J connectivity index is 2.11. The van der Waals surface area contributed by atoms with Gasteiger partial charge >= 0.3 is 0 Å². The van der Waals surface area contributed by atoms with Crippen LogP contribution >= 0.6 is 0 Å². The van der Waals surface area contributed by atoms with Gasteiger partial charge in [0, 0.05) is 18.5 Å². The number of rotatable bonds is 1. The summed E-state index contributed by atoms with van der Waals surface area (Å²) in [4.78, 5) is 2.29. The lowest BCUT2D eigenvalue weighted by Gasteiger charge is -2.34. The van der Waals surface area contributed by atoms with Crippen LogP contribution < -0.4 is 0 Å². The SMILES string of the molecule is CN1CC2CC1CC2(O)CC#N. The first kappa shape index (κ1) is 8.03. The third-order valence-corrected chi connectivity index (χ3v) is 3.42. The van der Waals surface area contributed by atoms with Crippen LogP contribution in [0.1, 0.15) is 19.3 Å². The lowest BCUT2D eigenvalue weighted by Crippen LogP contribution is -2.44. The molecular formula is C9H14N2O. The molecule has 2 bridgehead atoms. The van der Waals surface area contributed by atoms with Crippen LogP contribution in [-0.4, -0.2) is 35.2 Å². The number of likely N-dealkylation sites (tertiary alicyclic amines) is 1. The summed E-state index contributed by atoms with van der Waals surface area (Å²) in [5, 5.41) is 18.6. The maximum atomic E-state index is 10.1. The third-order valence-electron chi connectivity index (χ3n) is 3.42. The van der Waals surface area contributed by atoms with Crippen molar-refractivity contribution in [1.29, 1.82) is 5.26 Å². The van der Waals surface area contributed by atoms with Crippen LogP contribution in [0.3, 0.4) is 0 Å². The van der Waals surface area contributed by atoms with Gasteiger partial charge in [-0.1, -0.05) is 0 Å². The van der Waals surface area contributed by atoms with Crippen LogP contribution in [0.15, 0.2) is 0 Å². The Kier molecular flexibility index (Phi) is 1.64. The molecular weight excluding hydrogens is 152 g/mol. The summed E-state index contributed by atoms with van der Waals surface area (Å²) in [6, 6.07) is 2.60. The minimum absolute atomic E-state index is 0.308. The van der Waals surface area contributed by atoms with Gasteiger partial charge in [-0.2, -0.15) is 5.26 Å². The maximum Gasteiger partial charge on any atom is 0.0832 e. The molecule has 1 aliphatic heterocycles. The van der Waals surface area contributed by atoms with Gasteiger partial charge in [-0.05, 0) is 19.9 Å². The third kappa shape index (κ3) is 0.954. The van der Waals surface area contributed by atoms with Crippen molar-refractivity contribution in [3.63, 3.8) is 0 Å². The van der Waals surface area contributed by atoms with E-state index in [4.69, 9.17) is 5.26 Å². The summed E-state index contributed by atoms with van der Waals surface area (Å²) in [5.41, 5.74) is -0.661. The number of piperidine rings is 1. The molecule has 0 aromatic carbocycles. The van der Waals surface area contributed by atoms with Crippen LogP contribution in [0, 0.1) is 17.2 Å². The number of nitriles is 1. The highest BCUT2D eigenvalue weighted by molar-refractivity contribution is 5.08. The summed E-state index contributed by atoms with van der Waals surface area (Å²) in [6.07, 6.45) is 2.18. The Hall–Kier alpha value is -0.590. The van der Waals surface area contributed by atoms with E-state index in [9.17, 15) is 5.11 Å². The van der Waals surface area contributed by atoms with E-state index in [0.29, 0.717) is 18.4 Å². The fraction of sp³-hybridized carbons (Fsp3) is 0.889. The second kappa shape index (κ2) is 2.45. The fourth-order valence-electron chi connectivity index (χ4n) is 2.64. The molecule has 3 heteroatoms. The van der Waals surface area contributed by atoms with Gasteiger partial charge in [-0.25, -0.2) is 0 Å². The lowest BCUT2D eigenvalue weighted by atomic mass is 9.87. The quantitative estimate of drug-likeness (QED) is 0.611. The van der Waals surface area contributed by atoms with E-state index in [2.05, 4.69) is 18.0 Å². The molecule has 3 unspecified atom stereocenters. The Morgan fingerprint density at radius 2 is 2.50 bits per heavy atom. The molecule has 1 N–H and O–H groups in total. The Labute approximate surface area is 72.6 Å². The number of hydrogen-bond acceptors (Lipinski definition) is 3. The number of nitrogens with zero attached hydrogens (tertiary/aromatic N) is 2. The first-order valence-corrected chi connectivity index (χ1v) is 4.45. The van der Waals surface area contributed by atoms with Crippen molar-refractivity contribution in [2.45, 2.75) is 30.9 Å². The molecule has 0 spiro atoms. The standard InChI is InChI=1S/C9H14N2O/c1-11-6-7-4-8(11)5-9(7,12)2-3-10/h7-8,12H,2,4-6H2,1H3. The van der Waals surface area contributed by atoms with Crippen molar-refractivity contribution in [1.82, 2.24) is 4.90 Å². The van der Waals surface area contributed by atoms with Crippen LogP contribution in [0.2, 0.25) is 0 Å². The highest BCUT2D eigenvalue weighted by Gasteiger charge is 2.52. The molecule has 1 aliphatic carbocycles.